The molecule has 0 nitrogen and oxygen atoms in total. The third kappa shape index (κ3) is 5.58. The molecule has 0 aliphatic rings. The fraction of sp³-hybridized carbons (Fsp3) is 0.0667. The molecule has 0 fully saturated rings. The van der Waals surface area contributed by atoms with Gasteiger partial charge in [0.25, 0.3) is 0 Å². The molecule has 4 aromatic carbocycles. The summed E-state index contributed by atoms with van der Waals surface area (Å²) in [5.74, 6) is -20.4. The first-order chi connectivity index (χ1) is 19.2. The summed E-state index contributed by atoms with van der Waals surface area (Å²) in [6.07, 6.45) is 4.02. The normalized spacial score (nSPS) is 12.2. The topological polar surface area (TPSA) is 0 Å². The van der Waals surface area contributed by atoms with Crippen LogP contribution in [0.2, 0.25) is 13.1 Å². The lowest BCUT2D eigenvalue weighted by atomic mass is 10.1. The van der Waals surface area contributed by atoms with Crippen LogP contribution < -0.4 is 10.4 Å². The second-order valence-corrected chi connectivity index (χ2v) is 13.9. The summed E-state index contributed by atoms with van der Waals surface area (Å²) in [6.45, 7) is 4.04. The number of benzene rings is 4. The van der Waals surface area contributed by atoms with Crippen LogP contribution in [0.1, 0.15) is 22.3 Å². The summed E-state index contributed by atoms with van der Waals surface area (Å²) in [5, 5.41) is 1.85. The average molecular weight is 597 g/mol. The van der Waals surface area contributed by atoms with E-state index >= 15 is 0 Å². The molecule has 0 amide bonds. The van der Waals surface area contributed by atoms with Crippen molar-refractivity contribution in [3.63, 3.8) is 0 Å². The molecule has 41 heavy (non-hydrogen) atoms. The molecule has 0 atom stereocenters. The Morgan fingerprint density at radius 2 is 0.610 bits per heavy atom. The Labute approximate surface area is 228 Å². The predicted octanol–water partition coefficient (Wildman–Crippen LogP) is 8.24. The Balaban J connectivity index is 1.54. The quantitative estimate of drug-likeness (QED) is 0.0692. The van der Waals surface area contributed by atoms with E-state index in [4.69, 9.17) is 0 Å². The number of hydrogen-bond acceptors (Lipinski definition) is 0. The van der Waals surface area contributed by atoms with Crippen LogP contribution in [0.3, 0.4) is 0 Å². The summed E-state index contributed by atoms with van der Waals surface area (Å²) < 4.78 is 136. The zero-order valence-corrected chi connectivity index (χ0v) is 22.2. The van der Waals surface area contributed by atoms with Gasteiger partial charge >= 0.3 is 0 Å². The molecule has 0 unspecified atom stereocenters. The van der Waals surface area contributed by atoms with E-state index in [1.807, 2.05) is 13.1 Å². The highest BCUT2D eigenvalue weighted by Gasteiger charge is 2.27. The van der Waals surface area contributed by atoms with Crippen molar-refractivity contribution < 1.29 is 43.9 Å². The van der Waals surface area contributed by atoms with E-state index in [1.165, 1.54) is 12.2 Å². The summed E-state index contributed by atoms with van der Waals surface area (Å²) in [6, 6.07) is 13.5. The summed E-state index contributed by atoms with van der Waals surface area (Å²) in [5.41, 5.74) is -1.24. The molecule has 0 bridgehead atoms. The molecule has 0 aromatic heterocycles. The van der Waals surface area contributed by atoms with E-state index in [2.05, 4.69) is 0 Å². The van der Waals surface area contributed by atoms with Gasteiger partial charge in [-0.1, -0.05) is 84.2 Å². The van der Waals surface area contributed by atoms with Crippen molar-refractivity contribution >= 4 is 42.8 Å². The fourth-order valence-corrected chi connectivity index (χ4v) is 6.42. The first-order valence-corrected chi connectivity index (χ1v) is 14.9. The zero-order chi connectivity index (χ0) is 30.2. The number of hydrogen-bond donors (Lipinski definition) is 0. The van der Waals surface area contributed by atoms with Gasteiger partial charge in [-0.05, 0) is 23.3 Å². The summed E-state index contributed by atoms with van der Waals surface area (Å²) in [7, 11) is -2.32. The van der Waals surface area contributed by atoms with Crippen molar-refractivity contribution in [2.24, 2.45) is 0 Å². The van der Waals surface area contributed by atoms with Crippen molar-refractivity contribution in [1.29, 1.82) is 0 Å². The van der Waals surface area contributed by atoms with Gasteiger partial charge in [-0.2, -0.15) is 0 Å². The van der Waals surface area contributed by atoms with Crippen LogP contribution in [0.4, 0.5) is 43.9 Å². The van der Waals surface area contributed by atoms with E-state index < -0.39 is 77.4 Å². The van der Waals surface area contributed by atoms with Crippen molar-refractivity contribution in [3.8, 4) is 0 Å². The summed E-state index contributed by atoms with van der Waals surface area (Å²) >= 11 is 0. The van der Waals surface area contributed by atoms with E-state index in [0.717, 1.165) is 22.5 Å². The lowest BCUT2D eigenvalue weighted by molar-refractivity contribution is 0.377. The molecule has 0 aliphatic heterocycles. The predicted molar refractivity (Wildman–Crippen MR) is 140 cm³/mol. The molecule has 212 valence electrons. The standard InChI is InChI=1S/C30H18F10Si/c1-41(2,17-9-3-15(4-10-17)7-13-19-21(31)25(35)29(39)26(36)22(19)32)18-11-5-16(6-12-18)8-14-20-23(33)27(37)30(40)28(38)24(20)34/h3-14H,1-2H3/b13-7+,14-8+. The highest BCUT2D eigenvalue weighted by molar-refractivity contribution is 7.00. The first kappa shape index (κ1) is 29.8. The smallest absolute Gasteiger partial charge is 0.200 e. The number of rotatable bonds is 6. The van der Waals surface area contributed by atoms with Gasteiger partial charge in [0.2, 0.25) is 11.6 Å². The van der Waals surface area contributed by atoms with E-state index in [0.29, 0.717) is 11.1 Å². The molecule has 0 heterocycles. The van der Waals surface area contributed by atoms with E-state index in [1.54, 1.807) is 48.5 Å². The molecular formula is C30H18F10Si. The molecular weight excluding hydrogens is 578 g/mol. The first-order valence-electron chi connectivity index (χ1n) is 11.9. The molecule has 0 saturated heterocycles. The van der Waals surface area contributed by atoms with Crippen LogP contribution in [-0.4, -0.2) is 8.07 Å². The minimum Gasteiger partial charge on any atom is -0.203 e. The molecule has 0 saturated carbocycles. The molecule has 0 aliphatic carbocycles. The Hall–Kier alpha value is -4.12. The Morgan fingerprint density at radius 3 is 0.878 bits per heavy atom. The molecule has 11 heteroatoms. The van der Waals surface area contributed by atoms with Crippen molar-refractivity contribution in [3.05, 3.63) is 129 Å². The minimum absolute atomic E-state index is 0.441. The lowest BCUT2D eigenvalue weighted by Gasteiger charge is -2.24. The molecule has 0 radical (unpaired) electrons. The third-order valence-electron chi connectivity index (χ3n) is 6.64. The van der Waals surface area contributed by atoms with Gasteiger partial charge < -0.3 is 0 Å². The monoisotopic (exact) mass is 596 g/mol. The van der Waals surface area contributed by atoms with Crippen LogP contribution in [0, 0.1) is 58.2 Å². The van der Waals surface area contributed by atoms with E-state index in [-0.39, 0.29) is 0 Å². The highest BCUT2D eigenvalue weighted by atomic mass is 28.3. The van der Waals surface area contributed by atoms with E-state index in [9.17, 15) is 43.9 Å². The van der Waals surface area contributed by atoms with Gasteiger partial charge in [0.05, 0.1) is 11.1 Å². The van der Waals surface area contributed by atoms with Crippen molar-refractivity contribution in [2.75, 3.05) is 0 Å². The highest BCUT2D eigenvalue weighted by Crippen LogP contribution is 2.26. The maximum absolute atomic E-state index is 13.9. The zero-order valence-electron chi connectivity index (χ0n) is 21.2. The molecule has 4 aromatic rings. The fourth-order valence-electron chi connectivity index (χ4n) is 4.08. The maximum atomic E-state index is 13.9. The largest absolute Gasteiger partial charge is 0.203 e. The van der Waals surface area contributed by atoms with Gasteiger partial charge in [0.1, 0.15) is 8.07 Å². The van der Waals surface area contributed by atoms with Crippen LogP contribution >= 0.6 is 0 Å². The Kier molecular flexibility index (Phi) is 8.30. The van der Waals surface area contributed by atoms with Gasteiger partial charge in [0.15, 0.2) is 46.5 Å². The molecule has 0 N–H and O–H groups in total. The van der Waals surface area contributed by atoms with Gasteiger partial charge in [-0.15, -0.1) is 0 Å². The molecule has 0 spiro atoms. The van der Waals surface area contributed by atoms with Crippen LogP contribution in [0.15, 0.2) is 48.5 Å². The van der Waals surface area contributed by atoms with Crippen LogP contribution in [0.5, 0.6) is 0 Å². The van der Waals surface area contributed by atoms with Crippen LogP contribution in [-0.2, 0) is 0 Å². The van der Waals surface area contributed by atoms with Crippen LogP contribution in [0.25, 0.3) is 24.3 Å². The van der Waals surface area contributed by atoms with Crippen molar-refractivity contribution in [1.82, 2.24) is 0 Å². The Morgan fingerprint density at radius 1 is 0.366 bits per heavy atom. The summed E-state index contributed by atoms with van der Waals surface area (Å²) in [4.78, 5) is 0. The minimum atomic E-state index is -2.32. The van der Waals surface area contributed by atoms with Gasteiger partial charge in [0, 0.05) is 0 Å². The van der Waals surface area contributed by atoms with Gasteiger partial charge in [-0.25, -0.2) is 43.9 Å². The average Bonchev–Trinajstić information content (AvgIpc) is 2.97. The second-order valence-electron chi connectivity index (χ2n) is 9.50. The SMILES string of the molecule is C[Si](C)(c1ccc(/C=C/c2c(F)c(F)c(F)c(F)c2F)cc1)c1ccc(/C=C/c2c(F)c(F)c(F)c(F)c2F)cc1. The lowest BCUT2D eigenvalue weighted by Crippen LogP contribution is -2.52. The van der Waals surface area contributed by atoms with Crippen molar-refractivity contribution in [2.45, 2.75) is 13.1 Å². The number of halogens is 10. The Bertz CT molecular complexity index is 1510. The third-order valence-corrected chi connectivity index (χ3v) is 10.2. The van der Waals surface area contributed by atoms with Gasteiger partial charge in [-0.3, -0.25) is 0 Å². The maximum Gasteiger partial charge on any atom is 0.200 e. The molecule has 4 rings (SSSR count). The second kappa shape index (κ2) is 11.4.